The number of carboxylic acid groups (broad SMARTS) is 1. The number of hydrogen-bond donors (Lipinski definition) is 3. The summed E-state index contributed by atoms with van der Waals surface area (Å²) >= 11 is 0. The third-order valence-electron chi connectivity index (χ3n) is 4.57. The number of rotatable bonds is 8. The molecular weight excluding hydrogens is 403 g/mol. The zero-order chi connectivity index (χ0) is 22.4. The van der Waals surface area contributed by atoms with E-state index in [1.54, 1.807) is 18.2 Å². The molecule has 0 saturated carbocycles. The van der Waals surface area contributed by atoms with Gasteiger partial charge in [-0.15, -0.1) is 0 Å². The molecule has 31 heavy (non-hydrogen) atoms. The van der Waals surface area contributed by atoms with Crippen LogP contribution in [-0.4, -0.2) is 44.9 Å². The molecule has 1 aromatic heterocycles. The highest BCUT2D eigenvalue weighted by Crippen LogP contribution is 2.11. The van der Waals surface area contributed by atoms with Gasteiger partial charge in [-0.3, -0.25) is 14.6 Å². The lowest BCUT2D eigenvalue weighted by Gasteiger charge is -2.21. The maximum absolute atomic E-state index is 13.1. The van der Waals surface area contributed by atoms with Crippen LogP contribution in [0.3, 0.4) is 0 Å². The average molecular weight is 424 g/mol. The Morgan fingerprint density at radius 1 is 0.968 bits per heavy atom. The summed E-state index contributed by atoms with van der Waals surface area (Å²) < 4.78 is 13.1. The Kier molecular flexibility index (Phi) is 6.86. The van der Waals surface area contributed by atoms with Crippen LogP contribution in [0.2, 0.25) is 0 Å². The summed E-state index contributed by atoms with van der Waals surface area (Å²) in [6, 6.07) is 10.4. The van der Waals surface area contributed by atoms with Crippen LogP contribution >= 0.6 is 0 Å². The Bertz CT molecular complexity index is 1100. The molecule has 0 bridgehead atoms. The van der Waals surface area contributed by atoms with Gasteiger partial charge in [-0.2, -0.15) is 0 Å². The van der Waals surface area contributed by atoms with Crippen LogP contribution in [0.25, 0.3) is 11.0 Å². The lowest BCUT2D eigenvalue weighted by atomic mass is 10.0. The maximum Gasteiger partial charge on any atom is 0.326 e. The lowest BCUT2D eigenvalue weighted by Crippen LogP contribution is -2.52. The molecule has 0 aliphatic carbocycles. The zero-order valence-corrected chi connectivity index (χ0v) is 16.7. The average Bonchev–Trinajstić information content (AvgIpc) is 2.73. The summed E-state index contributed by atoms with van der Waals surface area (Å²) in [5, 5.41) is 14.6. The molecule has 8 nitrogen and oxygen atoms in total. The minimum Gasteiger partial charge on any atom is -0.480 e. The van der Waals surface area contributed by atoms with Crippen molar-refractivity contribution in [1.29, 1.82) is 0 Å². The van der Waals surface area contributed by atoms with Gasteiger partial charge in [0.1, 0.15) is 17.9 Å². The number of aliphatic carboxylic acids is 1. The number of fused-ring (bicyclic) bond motifs is 1. The first-order chi connectivity index (χ1) is 14.8. The van der Waals surface area contributed by atoms with E-state index in [1.807, 2.05) is 6.07 Å². The van der Waals surface area contributed by atoms with Gasteiger partial charge >= 0.3 is 5.97 Å². The Morgan fingerprint density at radius 2 is 1.65 bits per heavy atom. The number of carboxylic acids is 1. The fourth-order valence-corrected chi connectivity index (χ4v) is 3.09. The predicted octanol–water partition coefficient (Wildman–Crippen LogP) is 1.63. The number of hydrogen-bond acceptors (Lipinski definition) is 5. The Labute approximate surface area is 177 Å². The molecule has 9 heteroatoms. The standard InChI is InChI=1S/C22H21FN4O4/c1-13(28)25-19(10-14-6-8-15(23)9-7-14)21(29)27-20(22(30)31)11-16-12-24-17-4-2-3-5-18(17)26-16/h2-9,12,19-20H,10-11H2,1H3,(H,25,28)(H,27,29)(H,30,31)/t19-,20+/m0/s1. The fourth-order valence-electron chi connectivity index (χ4n) is 3.09. The fraction of sp³-hybridized carbons (Fsp3) is 0.227. The molecule has 0 saturated heterocycles. The predicted molar refractivity (Wildman–Crippen MR) is 111 cm³/mol. The van der Waals surface area contributed by atoms with Crippen molar-refractivity contribution in [3.63, 3.8) is 0 Å². The van der Waals surface area contributed by atoms with Crippen LogP contribution in [0.5, 0.6) is 0 Å². The number of carbonyl (C=O) groups is 3. The summed E-state index contributed by atoms with van der Waals surface area (Å²) in [7, 11) is 0. The van der Waals surface area contributed by atoms with Gasteiger partial charge in [-0.05, 0) is 29.8 Å². The topological polar surface area (TPSA) is 121 Å². The number of nitrogens with zero attached hydrogens (tertiary/aromatic N) is 2. The molecule has 0 spiro atoms. The van der Waals surface area contributed by atoms with Crippen molar-refractivity contribution in [3.05, 3.63) is 71.8 Å². The van der Waals surface area contributed by atoms with E-state index in [0.717, 1.165) is 0 Å². The Morgan fingerprint density at radius 3 is 2.29 bits per heavy atom. The van der Waals surface area contributed by atoms with E-state index in [9.17, 15) is 23.9 Å². The summed E-state index contributed by atoms with van der Waals surface area (Å²) in [6.07, 6.45) is 1.46. The third kappa shape index (κ3) is 6.05. The summed E-state index contributed by atoms with van der Waals surface area (Å²) in [5.41, 5.74) is 2.30. The number of para-hydroxylation sites is 2. The molecular formula is C22H21FN4O4. The SMILES string of the molecule is CC(=O)N[C@@H](Cc1ccc(F)cc1)C(=O)N[C@H](Cc1cnc2ccccc2n1)C(=O)O. The van der Waals surface area contributed by atoms with Crippen molar-refractivity contribution in [2.75, 3.05) is 0 Å². The van der Waals surface area contributed by atoms with Crippen molar-refractivity contribution in [2.45, 2.75) is 31.8 Å². The van der Waals surface area contributed by atoms with E-state index in [-0.39, 0.29) is 12.8 Å². The number of nitrogens with one attached hydrogen (secondary N) is 2. The van der Waals surface area contributed by atoms with E-state index in [1.165, 1.54) is 37.4 Å². The van der Waals surface area contributed by atoms with Crippen LogP contribution < -0.4 is 10.6 Å². The second-order valence-corrected chi connectivity index (χ2v) is 7.04. The van der Waals surface area contributed by atoms with Gasteiger partial charge in [0.05, 0.1) is 16.7 Å². The molecule has 3 aromatic rings. The minimum atomic E-state index is -1.27. The second kappa shape index (κ2) is 9.75. The first kappa shape index (κ1) is 21.8. The molecule has 2 atom stereocenters. The molecule has 1 heterocycles. The molecule has 0 aliphatic heterocycles. The minimum absolute atomic E-state index is 0.0772. The molecule has 0 aliphatic rings. The monoisotopic (exact) mass is 424 g/mol. The van der Waals surface area contributed by atoms with Crippen LogP contribution in [-0.2, 0) is 27.2 Å². The van der Waals surface area contributed by atoms with E-state index in [0.29, 0.717) is 22.3 Å². The van der Waals surface area contributed by atoms with Crippen molar-refractivity contribution in [3.8, 4) is 0 Å². The van der Waals surface area contributed by atoms with Gasteiger partial charge in [-0.25, -0.2) is 14.2 Å². The highest BCUT2D eigenvalue weighted by atomic mass is 19.1. The highest BCUT2D eigenvalue weighted by molar-refractivity contribution is 5.90. The van der Waals surface area contributed by atoms with Gasteiger partial charge in [0, 0.05) is 26.0 Å². The second-order valence-electron chi connectivity index (χ2n) is 7.04. The normalized spacial score (nSPS) is 12.7. The molecule has 160 valence electrons. The first-order valence-corrected chi connectivity index (χ1v) is 9.57. The number of amides is 2. The van der Waals surface area contributed by atoms with E-state index < -0.39 is 35.7 Å². The van der Waals surface area contributed by atoms with E-state index >= 15 is 0 Å². The van der Waals surface area contributed by atoms with Crippen LogP contribution in [0.15, 0.2) is 54.7 Å². The molecule has 0 fully saturated rings. The first-order valence-electron chi connectivity index (χ1n) is 9.57. The largest absolute Gasteiger partial charge is 0.480 e. The van der Waals surface area contributed by atoms with Gasteiger partial charge in [-0.1, -0.05) is 24.3 Å². The molecule has 2 aromatic carbocycles. The van der Waals surface area contributed by atoms with Gasteiger partial charge in [0.15, 0.2) is 0 Å². The lowest BCUT2D eigenvalue weighted by molar-refractivity contribution is -0.142. The van der Waals surface area contributed by atoms with Crippen molar-refractivity contribution in [1.82, 2.24) is 20.6 Å². The molecule has 0 unspecified atom stereocenters. The number of carbonyl (C=O) groups excluding carboxylic acids is 2. The number of aromatic nitrogens is 2. The molecule has 3 rings (SSSR count). The number of halogens is 1. The summed E-state index contributed by atoms with van der Waals surface area (Å²) in [5.74, 6) is -2.78. The van der Waals surface area contributed by atoms with Crippen LogP contribution in [0.1, 0.15) is 18.2 Å². The number of benzene rings is 2. The molecule has 3 N–H and O–H groups in total. The van der Waals surface area contributed by atoms with Crippen LogP contribution in [0.4, 0.5) is 4.39 Å². The summed E-state index contributed by atoms with van der Waals surface area (Å²) in [4.78, 5) is 44.7. The maximum atomic E-state index is 13.1. The third-order valence-corrected chi connectivity index (χ3v) is 4.57. The Hall–Kier alpha value is -3.88. The quantitative estimate of drug-likeness (QED) is 0.505. The van der Waals surface area contributed by atoms with E-state index in [2.05, 4.69) is 20.6 Å². The van der Waals surface area contributed by atoms with Gasteiger partial charge < -0.3 is 15.7 Å². The highest BCUT2D eigenvalue weighted by Gasteiger charge is 2.27. The summed E-state index contributed by atoms with van der Waals surface area (Å²) in [6.45, 7) is 1.25. The van der Waals surface area contributed by atoms with E-state index in [4.69, 9.17) is 0 Å². The Balaban J connectivity index is 1.74. The van der Waals surface area contributed by atoms with Crippen molar-refractivity contribution in [2.24, 2.45) is 0 Å². The van der Waals surface area contributed by atoms with Crippen molar-refractivity contribution < 1.29 is 23.9 Å². The smallest absolute Gasteiger partial charge is 0.326 e. The van der Waals surface area contributed by atoms with Gasteiger partial charge in [0.25, 0.3) is 0 Å². The van der Waals surface area contributed by atoms with Crippen molar-refractivity contribution >= 4 is 28.8 Å². The van der Waals surface area contributed by atoms with Crippen LogP contribution in [0, 0.1) is 5.82 Å². The molecule has 2 amide bonds. The zero-order valence-electron chi connectivity index (χ0n) is 16.7. The molecule has 0 radical (unpaired) electrons. The van der Waals surface area contributed by atoms with Gasteiger partial charge in [0.2, 0.25) is 11.8 Å².